The first kappa shape index (κ1) is 24.6. The summed E-state index contributed by atoms with van der Waals surface area (Å²) in [6.07, 6.45) is -0.802. The zero-order valence-electron chi connectivity index (χ0n) is 17.8. The minimum absolute atomic E-state index is 0.0234. The van der Waals surface area contributed by atoms with Crippen LogP contribution in [0.4, 0.5) is 0 Å². The van der Waals surface area contributed by atoms with Crippen molar-refractivity contribution in [2.24, 2.45) is 16.2 Å². The number of carbonyl (C=O) groups is 2. The monoisotopic (exact) mass is 370 g/mol. The molecule has 1 unspecified atom stereocenters. The lowest BCUT2D eigenvalue weighted by Crippen LogP contribution is -2.55. The van der Waals surface area contributed by atoms with E-state index in [0.29, 0.717) is 18.7 Å². The maximum Gasteiger partial charge on any atom is 0.333 e. The van der Waals surface area contributed by atoms with Gasteiger partial charge in [-0.25, -0.2) is 4.79 Å². The normalized spacial score (nSPS) is 13.9. The van der Waals surface area contributed by atoms with Gasteiger partial charge in [-0.1, -0.05) is 48.1 Å². The zero-order valence-corrected chi connectivity index (χ0v) is 17.8. The van der Waals surface area contributed by atoms with Crippen LogP contribution in [-0.2, 0) is 14.3 Å². The first-order chi connectivity index (χ1) is 11.6. The fourth-order valence-electron chi connectivity index (χ4n) is 2.87. The number of aliphatic hydroxyl groups is 1. The molecule has 0 aromatic rings. The largest absolute Gasteiger partial charge is 0.460 e. The van der Waals surface area contributed by atoms with E-state index >= 15 is 0 Å². The Morgan fingerprint density at radius 3 is 1.96 bits per heavy atom. The third kappa shape index (κ3) is 6.72. The molecule has 0 aromatic heterocycles. The van der Waals surface area contributed by atoms with Gasteiger partial charge in [-0.3, -0.25) is 4.79 Å². The third-order valence-corrected chi connectivity index (χ3v) is 5.18. The number of amides is 1. The van der Waals surface area contributed by atoms with Gasteiger partial charge in [-0.2, -0.15) is 0 Å². The van der Waals surface area contributed by atoms with Crippen molar-refractivity contribution in [3.8, 4) is 0 Å². The lowest BCUT2D eigenvalue weighted by Gasteiger charge is -2.49. The Morgan fingerprint density at radius 1 is 1.04 bits per heavy atom. The summed E-state index contributed by atoms with van der Waals surface area (Å²) >= 11 is 0. The molecule has 0 heterocycles. The summed E-state index contributed by atoms with van der Waals surface area (Å²) in [5, 5.41) is 15.8. The van der Waals surface area contributed by atoms with E-state index in [4.69, 9.17) is 4.74 Å². The lowest BCUT2D eigenvalue weighted by molar-refractivity contribution is -0.146. The number of hydrogen-bond acceptors (Lipinski definition) is 5. The van der Waals surface area contributed by atoms with Crippen molar-refractivity contribution in [2.75, 3.05) is 26.2 Å². The Kier molecular flexibility index (Phi) is 9.00. The van der Waals surface area contributed by atoms with Crippen molar-refractivity contribution < 1.29 is 19.4 Å². The van der Waals surface area contributed by atoms with E-state index in [1.54, 1.807) is 6.92 Å². The van der Waals surface area contributed by atoms with Crippen LogP contribution in [0.15, 0.2) is 12.2 Å². The minimum atomic E-state index is -0.802. The first-order valence-electron chi connectivity index (χ1n) is 9.14. The van der Waals surface area contributed by atoms with Gasteiger partial charge in [-0.15, -0.1) is 0 Å². The molecule has 0 aromatic carbocycles. The average Bonchev–Trinajstić information content (AvgIpc) is 2.48. The van der Waals surface area contributed by atoms with Crippen molar-refractivity contribution in [1.29, 1.82) is 0 Å². The molecule has 6 heteroatoms. The highest BCUT2D eigenvalue weighted by Gasteiger charge is 2.52. The standard InChI is InChI=1S/C20H38N2O4/c1-14(2)16(24)26-13-15(23)12-21-10-11-22-17(25)20(9,18(3,4)5)19(6,7)8/h15,21,23H,1,10-13H2,2-9H3,(H,22,25). The molecular formula is C20H38N2O4. The fourth-order valence-corrected chi connectivity index (χ4v) is 2.87. The van der Waals surface area contributed by atoms with Gasteiger partial charge in [0.15, 0.2) is 0 Å². The Labute approximate surface area is 158 Å². The maximum absolute atomic E-state index is 12.8. The van der Waals surface area contributed by atoms with Gasteiger partial charge in [0.05, 0.1) is 5.41 Å². The van der Waals surface area contributed by atoms with Crippen LogP contribution in [0.2, 0.25) is 0 Å². The molecule has 0 rings (SSSR count). The van der Waals surface area contributed by atoms with E-state index in [9.17, 15) is 14.7 Å². The van der Waals surface area contributed by atoms with Crippen molar-refractivity contribution in [3.63, 3.8) is 0 Å². The summed E-state index contributed by atoms with van der Waals surface area (Å²) in [5.41, 5.74) is -0.609. The second-order valence-corrected chi connectivity index (χ2v) is 9.12. The van der Waals surface area contributed by atoms with E-state index in [0.717, 1.165) is 0 Å². The molecule has 3 N–H and O–H groups in total. The molecule has 0 spiro atoms. The first-order valence-corrected chi connectivity index (χ1v) is 9.14. The predicted octanol–water partition coefficient (Wildman–Crippen LogP) is 2.27. The van der Waals surface area contributed by atoms with Gasteiger partial charge < -0.3 is 20.5 Å². The summed E-state index contributed by atoms with van der Waals surface area (Å²) in [6, 6.07) is 0. The number of rotatable bonds is 9. The maximum atomic E-state index is 12.8. The van der Waals surface area contributed by atoms with Crippen LogP contribution in [0, 0.1) is 16.2 Å². The number of ether oxygens (including phenoxy) is 1. The van der Waals surface area contributed by atoms with Crippen molar-refractivity contribution in [1.82, 2.24) is 10.6 Å². The Hall–Kier alpha value is -1.40. The molecule has 1 atom stereocenters. The smallest absolute Gasteiger partial charge is 0.333 e. The topological polar surface area (TPSA) is 87.7 Å². The molecule has 152 valence electrons. The third-order valence-electron chi connectivity index (χ3n) is 5.18. The molecule has 6 nitrogen and oxygen atoms in total. The lowest BCUT2D eigenvalue weighted by atomic mass is 9.54. The zero-order chi connectivity index (χ0) is 20.8. The van der Waals surface area contributed by atoms with Gasteiger partial charge in [0.2, 0.25) is 5.91 Å². The molecule has 0 radical (unpaired) electrons. The molecule has 0 saturated carbocycles. The van der Waals surface area contributed by atoms with Crippen LogP contribution < -0.4 is 10.6 Å². The molecule has 0 saturated heterocycles. The highest BCUT2D eigenvalue weighted by atomic mass is 16.5. The molecule has 0 aliphatic carbocycles. The number of aliphatic hydroxyl groups excluding tert-OH is 1. The van der Waals surface area contributed by atoms with Crippen molar-refractivity contribution >= 4 is 11.9 Å². The number of nitrogens with one attached hydrogen (secondary N) is 2. The fraction of sp³-hybridized carbons (Fsp3) is 0.800. The minimum Gasteiger partial charge on any atom is -0.460 e. The van der Waals surface area contributed by atoms with Crippen LogP contribution in [0.5, 0.6) is 0 Å². The van der Waals surface area contributed by atoms with E-state index in [-0.39, 0.29) is 29.9 Å². The number of hydrogen-bond donors (Lipinski definition) is 3. The predicted molar refractivity (Wildman–Crippen MR) is 105 cm³/mol. The second kappa shape index (κ2) is 9.51. The molecule has 0 bridgehead atoms. The quantitative estimate of drug-likeness (QED) is 0.329. The average molecular weight is 371 g/mol. The summed E-state index contributed by atoms with van der Waals surface area (Å²) in [7, 11) is 0. The molecule has 0 aliphatic rings. The molecule has 26 heavy (non-hydrogen) atoms. The van der Waals surface area contributed by atoms with E-state index < -0.39 is 17.5 Å². The van der Waals surface area contributed by atoms with Gasteiger partial charge in [0.1, 0.15) is 12.7 Å². The number of esters is 1. The Bertz CT molecular complexity index is 487. The van der Waals surface area contributed by atoms with Gasteiger partial charge in [-0.05, 0) is 24.7 Å². The van der Waals surface area contributed by atoms with Crippen LogP contribution in [-0.4, -0.2) is 49.3 Å². The van der Waals surface area contributed by atoms with Gasteiger partial charge >= 0.3 is 5.97 Å². The van der Waals surface area contributed by atoms with Crippen molar-refractivity contribution in [3.05, 3.63) is 12.2 Å². The Morgan fingerprint density at radius 2 is 1.54 bits per heavy atom. The summed E-state index contributed by atoms with van der Waals surface area (Å²) in [5.74, 6) is -0.491. The molecular weight excluding hydrogens is 332 g/mol. The number of carbonyl (C=O) groups excluding carboxylic acids is 2. The SMILES string of the molecule is C=C(C)C(=O)OCC(O)CNCCNC(=O)C(C)(C(C)(C)C)C(C)(C)C. The van der Waals surface area contributed by atoms with E-state index in [1.807, 2.05) is 6.92 Å². The van der Waals surface area contributed by atoms with Gasteiger partial charge in [0.25, 0.3) is 0 Å². The van der Waals surface area contributed by atoms with Crippen LogP contribution in [0.3, 0.4) is 0 Å². The molecule has 0 aliphatic heterocycles. The van der Waals surface area contributed by atoms with Crippen molar-refractivity contribution in [2.45, 2.75) is 61.5 Å². The van der Waals surface area contributed by atoms with Crippen LogP contribution >= 0.6 is 0 Å². The summed E-state index contributed by atoms with van der Waals surface area (Å²) in [6.45, 7) is 20.7. The van der Waals surface area contributed by atoms with Gasteiger partial charge in [0, 0.05) is 25.2 Å². The van der Waals surface area contributed by atoms with E-state index in [1.165, 1.54) is 0 Å². The highest BCUT2D eigenvalue weighted by molar-refractivity contribution is 5.86. The summed E-state index contributed by atoms with van der Waals surface area (Å²) in [4.78, 5) is 24.1. The molecule has 1 amide bonds. The van der Waals surface area contributed by atoms with Crippen LogP contribution in [0.1, 0.15) is 55.4 Å². The van der Waals surface area contributed by atoms with Crippen LogP contribution in [0.25, 0.3) is 0 Å². The summed E-state index contributed by atoms with van der Waals surface area (Å²) < 4.78 is 4.88. The molecule has 0 fully saturated rings. The van der Waals surface area contributed by atoms with E-state index in [2.05, 4.69) is 58.8 Å². The Balaban J connectivity index is 4.34. The highest BCUT2D eigenvalue weighted by Crippen LogP contribution is 2.51. The second-order valence-electron chi connectivity index (χ2n) is 9.12.